The number of aromatic nitrogens is 1. The van der Waals surface area contributed by atoms with Crippen LogP contribution < -0.4 is 9.47 Å². The van der Waals surface area contributed by atoms with Crippen molar-refractivity contribution in [2.45, 2.75) is 51.9 Å². The molecule has 0 spiro atoms. The summed E-state index contributed by atoms with van der Waals surface area (Å²) in [5.74, 6) is 1.66. The van der Waals surface area contributed by atoms with Gasteiger partial charge in [-0.05, 0) is 54.7 Å². The molecule has 0 fully saturated rings. The van der Waals surface area contributed by atoms with Crippen molar-refractivity contribution >= 4 is 20.8 Å². The summed E-state index contributed by atoms with van der Waals surface area (Å²) in [6.45, 7) is 9.72. The van der Waals surface area contributed by atoms with Gasteiger partial charge in [-0.1, -0.05) is 38.9 Å². The lowest BCUT2D eigenvalue weighted by atomic mass is 10.0. The minimum atomic E-state index is -3.22. The largest absolute Gasteiger partial charge is 0.496 e. The fraction of sp³-hybridized carbons (Fsp3) is 0.435. The van der Waals surface area contributed by atoms with Crippen LogP contribution in [-0.4, -0.2) is 33.5 Å². The van der Waals surface area contributed by atoms with Gasteiger partial charge in [0.15, 0.2) is 15.4 Å². The molecule has 0 aliphatic heterocycles. The SMILES string of the molecule is CCS(=O)(=O)c1cc(C(C)C)ccc1OC.CCc1cc(OC)c2c(C)noc2c1. The lowest BCUT2D eigenvalue weighted by Crippen LogP contribution is -2.07. The van der Waals surface area contributed by atoms with Gasteiger partial charge in [0.2, 0.25) is 0 Å². The van der Waals surface area contributed by atoms with Crippen molar-refractivity contribution in [1.29, 1.82) is 0 Å². The van der Waals surface area contributed by atoms with Crippen molar-refractivity contribution in [2.24, 2.45) is 0 Å². The molecule has 0 saturated heterocycles. The average molecular weight is 434 g/mol. The summed E-state index contributed by atoms with van der Waals surface area (Å²) in [7, 11) is -0.0695. The minimum absolute atomic E-state index is 0.0882. The molecular formula is C23H31NO5S. The predicted octanol–water partition coefficient (Wildman–Crippen LogP) is 5.32. The van der Waals surface area contributed by atoms with Gasteiger partial charge in [0, 0.05) is 0 Å². The zero-order chi connectivity index (χ0) is 22.5. The first-order valence-corrected chi connectivity index (χ1v) is 11.7. The Bertz CT molecular complexity index is 1100. The predicted molar refractivity (Wildman–Crippen MR) is 119 cm³/mol. The second-order valence-corrected chi connectivity index (χ2v) is 9.51. The quantitative estimate of drug-likeness (QED) is 0.523. The van der Waals surface area contributed by atoms with Crippen molar-refractivity contribution in [3.05, 3.63) is 47.2 Å². The van der Waals surface area contributed by atoms with Crippen molar-refractivity contribution in [3.8, 4) is 11.5 Å². The molecule has 2 aromatic carbocycles. The molecule has 0 bridgehead atoms. The molecule has 0 radical (unpaired) electrons. The van der Waals surface area contributed by atoms with Crippen molar-refractivity contribution in [2.75, 3.05) is 20.0 Å². The van der Waals surface area contributed by atoms with Gasteiger partial charge in [-0.3, -0.25) is 0 Å². The van der Waals surface area contributed by atoms with Gasteiger partial charge < -0.3 is 14.0 Å². The zero-order valence-electron chi connectivity index (χ0n) is 18.8. The smallest absolute Gasteiger partial charge is 0.181 e. The molecule has 3 aromatic rings. The first-order valence-electron chi connectivity index (χ1n) is 10.0. The van der Waals surface area contributed by atoms with Crippen LogP contribution in [0.15, 0.2) is 39.8 Å². The highest BCUT2D eigenvalue weighted by Gasteiger charge is 2.18. The number of rotatable bonds is 6. The number of aryl methyl sites for hydroxylation is 2. The summed E-state index contributed by atoms with van der Waals surface area (Å²) in [6, 6.07) is 9.38. The summed E-state index contributed by atoms with van der Waals surface area (Å²) in [6.07, 6.45) is 0.964. The topological polar surface area (TPSA) is 78.6 Å². The van der Waals surface area contributed by atoms with Gasteiger partial charge >= 0.3 is 0 Å². The maximum atomic E-state index is 11.9. The molecule has 164 valence electrons. The molecule has 0 aliphatic carbocycles. The number of benzene rings is 2. The van der Waals surface area contributed by atoms with Crippen molar-refractivity contribution in [1.82, 2.24) is 5.16 Å². The van der Waals surface area contributed by atoms with Crippen LogP contribution in [0.4, 0.5) is 0 Å². The van der Waals surface area contributed by atoms with E-state index in [0.29, 0.717) is 16.6 Å². The number of hydrogen-bond donors (Lipinski definition) is 0. The second kappa shape index (κ2) is 9.98. The third kappa shape index (κ3) is 5.14. The normalized spacial score (nSPS) is 11.3. The van der Waals surface area contributed by atoms with Crippen LogP contribution in [-0.2, 0) is 16.3 Å². The minimum Gasteiger partial charge on any atom is -0.496 e. The van der Waals surface area contributed by atoms with Gasteiger partial charge in [-0.25, -0.2) is 8.42 Å². The summed E-state index contributed by atoms with van der Waals surface area (Å²) >= 11 is 0. The van der Waals surface area contributed by atoms with E-state index in [-0.39, 0.29) is 5.75 Å². The van der Waals surface area contributed by atoms with Crippen LogP contribution in [0.3, 0.4) is 0 Å². The fourth-order valence-electron chi connectivity index (χ4n) is 3.05. The van der Waals surface area contributed by atoms with Crippen molar-refractivity contribution < 1.29 is 22.4 Å². The molecule has 0 aliphatic rings. The van der Waals surface area contributed by atoms with Crippen LogP contribution in [0.25, 0.3) is 11.0 Å². The Morgan fingerprint density at radius 1 is 1.03 bits per heavy atom. The number of sulfone groups is 1. The summed E-state index contributed by atoms with van der Waals surface area (Å²) in [4.78, 5) is 0.295. The van der Waals surface area contributed by atoms with Gasteiger partial charge in [-0.2, -0.15) is 0 Å². The van der Waals surface area contributed by atoms with E-state index >= 15 is 0 Å². The molecule has 7 heteroatoms. The van der Waals surface area contributed by atoms with Gasteiger partial charge in [0.1, 0.15) is 16.4 Å². The molecule has 0 N–H and O–H groups in total. The van der Waals surface area contributed by atoms with E-state index in [0.717, 1.165) is 34.4 Å². The molecule has 0 atom stereocenters. The monoisotopic (exact) mass is 433 g/mol. The zero-order valence-corrected chi connectivity index (χ0v) is 19.6. The highest BCUT2D eigenvalue weighted by atomic mass is 32.2. The van der Waals surface area contributed by atoms with Gasteiger partial charge in [0.25, 0.3) is 0 Å². The van der Waals surface area contributed by atoms with E-state index in [1.54, 1.807) is 26.2 Å². The Hall–Kier alpha value is -2.54. The number of hydrogen-bond acceptors (Lipinski definition) is 6. The van der Waals surface area contributed by atoms with E-state index in [9.17, 15) is 8.42 Å². The van der Waals surface area contributed by atoms with Crippen LogP contribution in [0.5, 0.6) is 11.5 Å². The lowest BCUT2D eigenvalue weighted by molar-refractivity contribution is 0.402. The van der Waals surface area contributed by atoms with Gasteiger partial charge in [0.05, 0.1) is 31.1 Å². The highest BCUT2D eigenvalue weighted by Crippen LogP contribution is 2.30. The average Bonchev–Trinajstić information content (AvgIpc) is 3.13. The van der Waals surface area contributed by atoms with E-state index < -0.39 is 9.84 Å². The maximum Gasteiger partial charge on any atom is 0.181 e. The van der Waals surface area contributed by atoms with E-state index in [1.807, 2.05) is 39.0 Å². The first kappa shape index (κ1) is 23.7. The maximum absolute atomic E-state index is 11.9. The highest BCUT2D eigenvalue weighted by molar-refractivity contribution is 7.91. The van der Waals surface area contributed by atoms with E-state index in [2.05, 4.69) is 12.1 Å². The van der Waals surface area contributed by atoms with Crippen LogP contribution in [0, 0.1) is 6.92 Å². The van der Waals surface area contributed by atoms with Crippen LogP contribution in [0.1, 0.15) is 50.4 Å². The molecule has 1 heterocycles. The number of ether oxygens (including phenoxy) is 2. The Labute approximate surface area is 179 Å². The number of methoxy groups -OCH3 is 2. The lowest BCUT2D eigenvalue weighted by Gasteiger charge is -2.12. The molecule has 0 amide bonds. The summed E-state index contributed by atoms with van der Waals surface area (Å²) in [5.41, 5.74) is 3.89. The van der Waals surface area contributed by atoms with Crippen LogP contribution >= 0.6 is 0 Å². The number of fused-ring (bicyclic) bond motifs is 1. The molecule has 3 rings (SSSR count). The molecule has 0 saturated carbocycles. The Morgan fingerprint density at radius 2 is 1.70 bits per heavy atom. The third-order valence-electron chi connectivity index (χ3n) is 4.97. The molecule has 6 nitrogen and oxygen atoms in total. The second-order valence-electron chi connectivity index (χ2n) is 7.26. The fourth-order valence-corrected chi connectivity index (χ4v) is 4.14. The summed E-state index contributed by atoms with van der Waals surface area (Å²) < 4.78 is 39.4. The Morgan fingerprint density at radius 3 is 2.23 bits per heavy atom. The number of nitrogens with zero attached hydrogens (tertiary/aromatic N) is 1. The Balaban J connectivity index is 0.000000215. The third-order valence-corrected chi connectivity index (χ3v) is 6.72. The van der Waals surface area contributed by atoms with Crippen LogP contribution in [0.2, 0.25) is 0 Å². The van der Waals surface area contributed by atoms with E-state index in [4.69, 9.17) is 14.0 Å². The van der Waals surface area contributed by atoms with Gasteiger partial charge in [-0.15, -0.1) is 0 Å². The molecular weight excluding hydrogens is 402 g/mol. The molecule has 30 heavy (non-hydrogen) atoms. The van der Waals surface area contributed by atoms with E-state index in [1.165, 1.54) is 12.7 Å². The Kier molecular flexibility index (Phi) is 7.89. The molecule has 0 unspecified atom stereocenters. The first-order chi connectivity index (χ1) is 14.2. The summed E-state index contributed by atoms with van der Waals surface area (Å²) in [5, 5.41) is 4.90. The molecule has 1 aromatic heterocycles. The standard InChI is InChI=1S/C12H18O3S.C11H13NO2/c1-5-16(13,14)12-8-10(9(2)3)6-7-11(12)15-4;1-4-8-5-9(13-3)11-7(2)12-14-10(11)6-8/h6-9H,5H2,1-4H3;5-6H,4H2,1-3H3. The van der Waals surface area contributed by atoms with Crippen molar-refractivity contribution in [3.63, 3.8) is 0 Å².